The van der Waals surface area contributed by atoms with Crippen LogP contribution in [-0.2, 0) is 11.3 Å². The summed E-state index contributed by atoms with van der Waals surface area (Å²) in [5.41, 5.74) is 1.65. The number of piperidine rings is 1. The molecule has 2 aromatic carbocycles. The highest BCUT2D eigenvalue weighted by Gasteiger charge is 2.36. The van der Waals surface area contributed by atoms with Crippen molar-refractivity contribution in [2.45, 2.75) is 25.5 Å². The lowest BCUT2D eigenvalue weighted by Gasteiger charge is -2.35. The largest absolute Gasteiger partial charge is 0.496 e. The van der Waals surface area contributed by atoms with Gasteiger partial charge >= 0.3 is 0 Å². The first kappa shape index (κ1) is 18.6. The second-order valence-corrected chi connectivity index (χ2v) is 7.18. The normalized spacial score (nSPS) is 20.0. The number of hydrogen-bond acceptors (Lipinski definition) is 5. The number of carbonyl (C=O) groups excluding carboxylic acids is 1. The van der Waals surface area contributed by atoms with Gasteiger partial charge in [-0.15, -0.1) is 0 Å². The summed E-state index contributed by atoms with van der Waals surface area (Å²) in [6, 6.07) is 13.4. The number of nitrogens with zero attached hydrogens (tertiary/aromatic N) is 1. The zero-order valence-corrected chi connectivity index (χ0v) is 16.0. The quantitative estimate of drug-likeness (QED) is 0.860. The van der Waals surface area contributed by atoms with Crippen LogP contribution >= 0.6 is 0 Å². The molecule has 28 heavy (non-hydrogen) atoms. The molecule has 2 aromatic rings. The maximum absolute atomic E-state index is 13.1. The van der Waals surface area contributed by atoms with Gasteiger partial charge in [0.25, 0.3) is 0 Å². The van der Waals surface area contributed by atoms with E-state index >= 15 is 0 Å². The molecule has 0 spiro atoms. The molecular formula is C22H25NO5. The van der Waals surface area contributed by atoms with Crippen LogP contribution < -0.4 is 14.2 Å². The minimum Gasteiger partial charge on any atom is -0.496 e. The summed E-state index contributed by atoms with van der Waals surface area (Å²) in [4.78, 5) is 14.9. The van der Waals surface area contributed by atoms with E-state index in [1.165, 1.54) is 0 Å². The Hall–Kier alpha value is -2.73. The minimum atomic E-state index is -0.961. The van der Waals surface area contributed by atoms with Gasteiger partial charge in [0.05, 0.1) is 19.1 Å². The van der Waals surface area contributed by atoms with Gasteiger partial charge in [0, 0.05) is 24.7 Å². The summed E-state index contributed by atoms with van der Waals surface area (Å²) in [7, 11) is 1.55. The second kappa shape index (κ2) is 8.10. The molecule has 0 saturated carbocycles. The summed E-state index contributed by atoms with van der Waals surface area (Å²) < 4.78 is 16.7. The van der Waals surface area contributed by atoms with Crippen molar-refractivity contribution in [2.24, 2.45) is 5.92 Å². The molecule has 0 aromatic heterocycles. The molecule has 4 rings (SSSR count). The number of methoxy groups -OCH3 is 1. The van der Waals surface area contributed by atoms with Crippen molar-refractivity contribution in [1.82, 2.24) is 4.90 Å². The van der Waals surface area contributed by atoms with E-state index in [1.807, 2.05) is 35.2 Å². The molecule has 2 heterocycles. The molecule has 1 N–H and O–H groups in total. The average Bonchev–Trinajstić information content (AvgIpc) is 2.74. The summed E-state index contributed by atoms with van der Waals surface area (Å²) in [6.45, 7) is 2.20. The van der Waals surface area contributed by atoms with Crippen molar-refractivity contribution >= 4 is 5.91 Å². The van der Waals surface area contributed by atoms with Gasteiger partial charge in [-0.2, -0.15) is 0 Å². The van der Waals surface area contributed by atoms with Gasteiger partial charge in [0.15, 0.2) is 11.5 Å². The number of ether oxygens (including phenoxy) is 3. The topological polar surface area (TPSA) is 68.2 Å². The summed E-state index contributed by atoms with van der Waals surface area (Å²) >= 11 is 0. The van der Waals surface area contributed by atoms with E-state index in [0.717, 1.165) is 12.0 Å². The number of rotatable bonds is 5. The molecule has 2 aliphatic heterocycles. The number of carbonyl (C=O) groups is 1. The van der Waals surface area contributed by atoms with Crippen molar-refractivity contribution < 1.29 is 24.1 Å². The highest BCUT2D eigenvalue weighted by Crippen LogP contribution is 2.42. The number of aliphatic hydroxyl groups is 1. The molecule has 1 saturated heterocycles. The van der Waals surface area contributed by atoms with Crippen LogP contribution in [0.15, 0.2) is 42.5 Å². The average molecular weight is 383 g/mol. The third kappa shape index (κ3) is 3.64. The van der Waals surface area contributed by atoms with Crippen LogP contribution in [0.3, 0.4) is 0 Å². The van der Waals surface area contributed by atoms with E-state index in [-0.39, 0.29) is 5.91 Å². The maximum Gasteiger partial charge on any atom is 0.228 e. The molecule has 148 valence electrons. The number of hydrogen-bond donors (Lipinski definition) is 1. The number of aliphatic hydroxyl groups excluding tert-OH is 1. The lowest BCUT2D eigenvalue weighted by molar-refractivity contribution is -0.143. The highest BCUT2D eigenvalue weighted by molar-refractivity contribution is 5.80. The molecule has 0 radical (unpaired) electrons. The van der Waals surface area contributed by atoms with E-state index in [9.17, 15) is 9.90 Å². The second-order valence-electron chi connectivity index (χ2n) is 7.18. The van der Waals surface area contributed by atoms with Crippen molar-refractivity contribution in [2.75, 3.05) is 26.9 Å². The van der Waals surface area contributed by atoms with E-state index < -0.39 is 12.0 Å². The Morgan fingerprint density at radius 3 is 2.61 bits per heavy atom. The molecular weight excluding hydrogens is 358 g/mol. The summed E-state index contributed by atoms with van der Waals surface area (Å²) in [5, 5.41) is 11.1. The zero-order valence-electron chi connectivity index (χ0n) is 16.0. The Kier molecular flexibility index (Phi) is 5.39. The zero-order chi connectivity index (χ0) is 19.5. The van der Waals surface area contributed by atoms with E-state index in [1.54, 1.807) is 19.2 Å². The Morgan fingerprint density at radius 2 is 1.89 bits per heavy atom. The fraction of sp³-hybridized carbons (Fsp3) is 0.409. The predicted molar refractivity (Wildman–Crippen MR) is 104 cm³/mol. The molecule has 1 amide bonds. The van der Waals surface area contributed by atoms with E-state index in [0.29, 0.717) is 55.5 Å². The Bertz CT molecular complexity index is 838. The fourth-order valence-corrected chi connectivity index (χ4v) is 3.93. The SMILES string of the molecule is COc1cc2c(cc1C(O)C1CCCN(Cc3ccccc3)C1=O)OCCO2. The third-order valence-corrected chi connectivity index (χ3v) is 5.38. The maximum atomic E-state index is 13.1. The highest BCUT2D eigenvalue weighted by atomic mass is 16.6. The van der Waals surface area contributed by atoms with Crippen molar-refractivity contribution in [3.8, 4) is 17.2 Å². The first-order valence-corrected chi connectivity index (χ1v) is 9.65. The molecule has 0 bridgehead atoms. The third-order valence-electron chi connectivity index (χ3n) is 5.38. The number of fused-ring (bicyclic) bond motifs is 1. The predicted octanol–water partition coefficient (Wildman–Crippen LogP) is 2.94. The molecule has 2 unspecified atom stereocenters. The first-order valence-electron chi connectivity index (χ1n) is 9.65. The number of likely N-dealkylation sites (tertiary alicyclic amines) is 1. The summed E-state index contributed by atoms with van der Waals surface area (Å²) in [6.07, 6.45) is 0.535. The van der Waals surface area contributed by atoms with Gasteiger partial charge in [-0.1, -0.05) is 30.3 Å². The molecule has 6 heteroatoms. The van der Waals surface area contributed by atoms with Crippen LogP contribution in [0.25, 0.3) is 0 Å². The molecule has 0 aliphatic carbocycles. The van der Waals surface area contributed by atoms with Gasteiger partial charge in [-0.05, 0) is 24.5 Å². The van der Waals surface area contributed by atoms with Crippen LogP contribution in [0.2, 0.25) is 0 Å². The number of benzene rings is 2. The molecule has 2 aliphatic rings. The Labute approximate surface area is 164 Å². The molecule has 6 nitrogen and oxygen atoms in total. The van der Waals surface area contributed by atoms with Gasteiger partial charge in [-0.25, -0.2) is 0 Å². The molecule has 2 atom stereocenters. The monoisotopic (exact) mass is 383 g/mol. The van der Waals surface area contributed by atoms with E-state index in [4.69, 9.17) is 14.2 Å². The lowest BCUT2D eigenvalue weighted by atomic mass is 9.87. The van der Waals surface area contributed by atoms with Crippen LogP contribution in [0.1, 0.15) is 30.1 Å². The Balaban J connectivity index is 1.57. The summed E-state index contributed by atoms with van der Waals surface area (Å²) in [5.74, 6) is 1.14. The molecule has 1 fully saturated rings. The van der Waals surface area contributed by atoms with E-state index in [2.05, 4.69) is 0 Å². The van der Waals surface area contributed by atoms with Crippen LogP contribution in [0, 0.1) is 5.92 Å². The van der Waals surface area contributed by atoms with Crippen molar-refractivity contribution in [3.63, 3.8) is 0 Å². The van der Waals surface area contributed by atoms with Gasteiger partial charge < -0.3 is 24.2 Å². The van der Waals surface area contributed by atoms with Gasteiger partial charge in [0.2, 0.25) is 5.91 Å². The smallest absolute Gasteiger partial charge is 0.228 e. The van der Waals surface area contributed by atoms with Crippen LogP contribution in [-0.4, -0.2) is 42.8 Å². The minimum absolute atomic E-state index is 0.0282. The van der Waals surface area contributed by atoms with Crippen molar-refractivity contribution in [3.05, 3.63) is 53.6 Å². The Morgan fingerprint density at radius 1 is 1.18 bits per heavy atom. The van der Waals surface area contributed by atoms with Crippen LogP contribution in [0.5, 0.6) is 17.2 Å². The number of amides is 1. The lowest BCUT2D eigenvalue weighted by Crippen LogP contribution is -2.43. The van der Waals surface area contributed by atoms with Gasteiger partial charge in [0.1, 0.15) is 19.0 Å². The van der Waals surface area contributed by atoms with Gasteiger partial charge in [-0.3, -0.25) is 4.79 Å². The van der Waals surface area contributed by atoms with Crippen molar-refractivity contribution in [1.29, 1.82) is 0 Å². The fourth-order valence-electron chi connectivity index (χ4n) is 3.93. The van der Waals surface area contributed by atoms with Crippen LogP contribution in [0.4, 0.5) is 0 Å². The standard InChI is InChI=1S/C22H25NO5/c1-26-18-13-20-19(27-10-11-28-20)12-17(18)21(24)16-8-5-9-23(22(16)25)14-15-6-3-2-4-7-15/h2-4,6-7,12-13,16,21,24H,5,8-11,14H2,1H3. The first-order chi connectivity index (χ1) is 13.7.